The lowest BCUT2D eigenvalue weighted by Gasteiger charge is -2.16. The fourth-order valence-corrected chi connectivity index (χ4v) is 0.802. The predicted molar refractivity (Wildman–Crippen MR) is 46.0 cm³/mol. The average Bonchev–Trinajstić information content (AvgIpc) is 1.97. The van der Waals surface area contributed by atoms with Crippen LogP contribution in [0, 0.1) is 11.5 Å². The summed E-state index contributed by atoms with van der Waals surface area (Å²) in [6.07, 6.45) is 3.21. The molecule has 3 nitrogen and oxygen atoms in total. The Kier molecular flexibility index (Phi) is 5.58. The third kappa shape index (κ3) is 5.68. The molecule has 0 aliphatic rings. The zero-order chi connectivity index (χ0) is 8.69. The van der Waals surface area contributed by atoms with Crippen LogP contribution in [0.25, 0.3) is 0 Å². The number of nitrogens with zero attached hydrogens (tertiary/aromatic N) is 3. The van der Waals surface area contributed by atoms with Crippen molar-refractivity contribution in [1.29, 1.82) is 5.26 Å². The molecule has 0 amide bonds. The second-order valence-electron chi connectivity index (χ2n) is 2.89. The van der Waals surface area contributed by atoms with Crippen molar-refractivity contribution < 1.29 is 0 Å². The maximum Gasteiger partial charge on any atom is 0.179 e. The van der Waals surface area contributed by atoms with Crippen molar-refractivity contribution in [2.24, 2.45) is 0 Å². The third-order valence-corrected chi connectivity index (χ3v) is 1.45. The zero-order valence-corrected chi connectivity index (χ0v) is 7.67. The number of nitriles is 1. The van der Waals surface area contributed by atoms with Gasteiger partial charge in [0, 0.05) is 19.6 Å². The molecule has 0 saturated heterocycles. The van der Waals surface area contributed by atoms with Crippen LogP contribution in [0.1, 0.15) is 13.3 Å². The van der Waals surface area contributed by atoms with Gasteiger partial charge in [-0.15, -0.1) is 0 Å². The normalized spacial score (nSPS) is 9.73. The van der Waals surface area contributed by atoms with E-state index in [4.69, 9.17) is 5.26 Å². The minimum atomic E-state index is 0.845. The molecule has 0 atom stereocenters. The molecule has 64 valence electrons. The van der Waals surface area contributed by atoms with Crippen LogP contribution in [-0.4, -0.2) is 43.5 Å². The van der Waals surface area contributed by atoms with Gasteiger partial charge in [-0.1, -0.05) is 6.92 Å². The van der Waals surface area contributed by atoms with Gasteiger partial charge in [-0.05, 0) is 20.5 Å². The Morgan fingerprint density at radius 3 is 2.18 bits per heavy atom. The molecule has 11 heavy (non-hydrogen) atoms. The van der Waals surface area contributed by atoms with Crippen LogP contribution in [0.2, 0.25) is 0 Å². The highest BCUT2D eigenvalue weighted by Gasteiger charge is 1.99. The Balaban J connectivity index is 3.46. The zero-order valence-electron chi connectivity index (χ0n) is 7.67. The van der Waals surface area contributed by atoms with Crippen LogP contribution in [0.4, 0.5) is 0 Å². The van der Waals surface area contributed by atoms with Gasteiger partial charge in [-0.2, -0.15) is 5.26 Å². The highest BCUT2D eigenvalue weighted by molar-refractivity contribution is 4.73. The molecule has 0 N–H and O–H groups in total. The van der Waals surface area contributed by atoms with Crippen molar-refractivity contribution in [1.82, 2.24) is 9.80 Å². The molecule has 0 radical (unpaired) electrons. The molecule has 0 aliphatic carbocycles. The fraction of sp³-hybridized carbons (Fsp3) is 0.875. The highest BCUT2D eigenvalue weighted by atomic mass is 15.2. The van der Waals surface area contributed by atoms with Gasteiger partial charge in [0.2, 0.25) is 0 Å². The van der Waals surface area contributed by atoms with Crippen molar-refractivity contribution in [2.75, 3.05) is 33.7 Å². The summed E-state index contributed by atoms with van der Waals surface area (Å²) in [5.74, 6) is 0. The van der Waals surface area contributed by atoms with E-state index < -0.39 is 0 Å². The molecule has 0 saturated carbocycles. The van der Waals surface area contributed by atoms with E-state index in [1.165, 1.54) is 0 Å². The summed E-state index contributed by atoms with van der Waals surface area (Å²) >= 11 is 0. The van der Waals surface area contributed by atoms with Crippen LogP contribution >= 0.6 is 0 Å². The molecule has 0 aromatic carbocycles. The lowest BCUT2D eigenvalue weighted by molar-refractivity contribution is 0.316. The Morgan fingerprint density at radius 1 is 1.18 bits per heavy atom. The van der Waals surface area contributed by atoms with Gasteiger partial charge in [0.05, 0.1) is 0 Å². The maximum absolute atomic E-state index is 8.63. The summed E-state index contributed by atoms with van der Waals surface area (Å²) < 4.78 is 0. The largest absolute Gasteiger partial charge is 0.309 e. The first-order valence-electron chi connectivity index (χ1n) is 4.00. The van der Waals surface area contributed by atoms with Gasteiger partial charge >= 0.3 is 0 Å². The Hall–Kier alpha value is -0.750. The molecular formula is C8H17N3. The summed E-state index contributed by atoms with van der Waals surface area (Å²) in [5.41, 5.74) is 0. The third-order valence-electron chi connectivity index (χ3n) is 1.45. The quantitative estimate of drug-likeness (QED) is 0.433. The molecule has 0 heterocycles. The standard InChI is InChI=1S/C8H17N3/c1-4-5-11(8-9)7-6-10(2)3/h4-7H2,1-3H3. The Labute approximate surface area is 69.2 Å². The van der Waals surface area contributed by atoms with E-state index in [1.807, 2.05) is 14.1 Å². The van der Waals surface area contributed by atoms with E-state index in [2.05, 4.69) is 18.0 Å². The van der Waals surface area contributed by atoms with Crippen LogP contribution < -0.4 is 0 Å². The smallest absolute Gasteiger partial charge is 0.179 e. The fourth-order valence-electron chi connectivity index (χ4n) is 0.802. The van der Waals surface area contributed by atoms with Gasteiger partial charge in [-0.25, -0.2) is 0 Å². The monoisotopic (exact) mass is 155 g/mol. The van der Waals surface area contributed by atoms with E-state index >= 15 is 0 Å². The van der Waals surface area contributed by atoms with E-state index in [0.717, 1.165) is 26.1 Å². The average molecular weight is 155 g/mol. The molecule has 0 unspecified atom stereocenters. The minimum Gasteiger partial charge on any atom is -0.309 e. The molecule has 0 aliphatic heterocycles. The van der Waals surface area contributed by atoms with Crippen molar-refractivity contribution >= 4 is 0 Å². The maximum atomic E-state index is 8.63. The van der Waals surface area contributed by atoms with Crippen molar-refractivity contribution in [3.8, 4) is 6.19 Å². The van der Waals surface area contributed by atoms with E-state index in [-0.39, 0.29) is 0 Å². The molecule has 0 spiro atoms. The van der Waals surface area contributed by atoms with Crippen LogP contribution in [0.15, 0.2) is 0 Å². The van der Waals surface area contributed by atoms with Crippen LogP contribution in [0.5, 0.6) is 0 Å². The SMILES string of the molecule is CCCN(C#N)CCN(C)C. The minimum absolute atomic E-state index is 0.845. The lowest BCUT2D eigenvalue weighted by atomic mass is 10.4. The first-order valence-corrected chi connectivity index (χ1v) is 4.00. The van der Waals surface area contributed by atoms with Crippen molar-refractivity contribution in [3.63, 3.8) is 0 Å². The first kappa shape index (κ1) is 10.2. The summed E-state index contributed by atoms with van der Waals surface area (Å²) in [4.78, 5) is 3.88. The Morgan fingerprint density at radius 2 is 1.82 bits per heavy atom. The molecule has 0 bridgehead atoms. The molecule has 3 heteroatoms. The van der Waals surface area contributed by atoms with E-state index in [0.29, 0.717) is 0 Å². The molecule has 0 fully saturated rings. The van der Waals surface area contributed by atoms with Crippen molar-refractivity contribution in [2.45, 2.75) is 13.3 Å². The van der Waals surface area contributed by atoms with Gasteiger partial charge in [0.1, 0.15) is 0 Å². The number of hydrogen-bond donors (Lipinski definition) is 0. The highest BCUT2D eigenvalue weighted by Crippen LogP contribution is 1.88. The van der Waals surface area contributed by atoms with Gasteiger partial charge < -0.3 is 9.80 Å². The van der Waals surface area contributed by atoms with Crippen molar-refractivity contribution in [3.05, 3.63) is 0 Å². The number of hydrogen-bond acceptors (Lipinski definition) is 3. The molecule has 0 aromatic rings. The molecule has 0 rings (SSSR count). The number of likely N-dealkylation sites (N-methyl/N-ethyl adjacent to an activating group) is 1. The first-order chi connectivity index (χ1) is 5.20. The summed E-state index contributed by atoms with van der Waals surface area (Å²) in [5, 5.41) is 8.63. The predicted octanol–water partition coefficient (Wildman–Crippen LogP) is 0.741. The molecule has 0 aromatic heterocycles. The lowest BCUT2D eigenvalue weighted by Crippen LogP contribution is -2.28. The second kappa shape index (κ2) is 5.99. The van der Waals surface area contributed by atoms with Gasteiger partial charge in [-0.3, -0.25) is 0 Å². The summed E-state index contributed by atoms with van der Waals surface area (Å²) in [6, 6.07) is 0. The summed E-state index contributed by atoms with van der Waals surface area (Å²) in [6.45, 7) is 4.76. The van der Waals surface area contributed by atoms with Gasteiger partial charge in [0.15, 0.2) is 6.19 Å². The second-order valence-corrected chi connectivity index (χ2v) is 2.89. The van der Waals surface area contributed by atoms with Crippen LogP contribution in [-0.2, 0) is 0 Å². The van der Waals surface area contributed by atoms with Crippen LogP contribution in [0.3, 0.4) is 0 Å². The van der Waals surface area contributed by atoms with Gasteiger partial charge in [0.25, 0.3) is 0 Å². The van der Waals surface area contributed by atoms with E-state index in [1.54, 1.807) is 4.90 Å². The summed E-state index contributed by atoms with van der Waals surface area (Å²) in [7, 11) is 4.03. The van der Waals surface area contributed by atoms with E-state index in [9.17, 15) is 0 Å². The number of rotatable bonds is 5. The topological polar surface area (TPSA) is 30.3 Å². The molecular weight excluding hydrogens is 138 g/mol. The Bertz CT molecular complexity index is 126.